The summed E-state index contributed by atoms with van der Waals surface area (Å²) in [5, 5.41) is 26.3. The number of carbonyl (C=O) groups is 2. The van der Waals surface area contributed by atoms with E-state index in [0.29, 0.717) is 50.2 Å². The van der Waals surface area contributed by atoms with Gasteiger partial charge in [-0.2, -0.15) is 0 Å². The fraction of sp³-hybridized carbons (Fsp3) is 0.535. The predicted molar refractivity (Wildman–Crippen MR) is 205 cm³/mol. The monoisotopic (exact) mass is 736 g/mol. The van der Waals surface area contributed by atoms with Crippen molar-refractivity contribution in [3.8, 4) is 5.75 Å². The third-order valence-corrected chi connectivity index (χ3v) is 14.5. The number of ether oxygens (including phenoxy) is 3. The molecule has 1 aliphatic carbocycles. The first-order chi connectivity index (χ1) is 26.0. The Labute approximate surface area is 316 Å². The minimum atomic E-state index is -2.27. The van der Waals surface area contributed by atoms with Gasteiger partial charge in [-0.3, -0.25) is 14.6 Å². The van der Waals surface area contributed by atoms with E-state index in [4.69, 9.17) is 14.2 Å². The Morgan fingerprint density at radius 3 is 2.52 bits per heavy atom. The van der Waals surface area contributed by atoms with Crippen LogP contribution < -0.4 is 9.64 Å². The van der Waals surface area contributed by atoms with E-state index in [9.17, 15) is 15.0 Å². The van der Waals surface area contributed by atoms with E-state index < -0.39 is 40.0 Å². The molecule has 54 heavy (non-hydrogen) atoms. The van der Waals surface area contributed by atoms with Gasteiger partial charge in [0.15, 0.2) is 0 Å². The van der Waals surface area contributed by atoms with E-state index in [2.05, 4.69) is 52.1 Å². The number of aliphatic hydroxyl groups is 2. The average molecular weight is 737 g/mol. The summed E-state index contributed by atoms with van der Waals surface area (Å²) in [5.74, 6) is -0.669. The van der Waals surface area contributed by atoms with Crippen LogP contribution in [0.4, 0.5) is 5.69 Å². The average Bonchev–Trinajstić information content (AvgIpc) is 3.84. The van der Waals surface area contributed by atoms with Gasteiger partial charge in [-0.15, -0.1) is 0 Å². The largest absolute Gasteiger partial charge is 0.496 e. The van der Waals surface area contributed by atoms with Gasteiger partial charge in [0.2, 0.25) is 5.60 Å². The van der Waals surface area contributed by atoms with Crippen LogP contribution in [-0.4, -0.2) is 115 Å². The summed E-state index contributed by atoms with van der Waals surface area (Å²) >= 11 is 0. The standard InChI is InChI=1S/C43H52N4O7/c1-7-25-18-26-21-42(38(49)53-5,34-28(24-46(22-25)23-26)27-12-9-10-13-31(27)44-34)30-19-29-32(20-33(30)52-4)45(3)36-41(29)15-17-47-16-11-14-40(8-2,35(41)47)37(48)43(36,51)39(50)54-6/h9-14,18-20,26,35-37,44,48,51H,7-8,15-17,21-24H2,1-6H3/t26?,35-,36+,37+,40+,41+,42-,43-/m0/s1. The van der Waals surface area contributed by atoms with E-state index in [1.54, 1.807) is 7.11 Å². The number of rotatable bonds is 6. The Morgan fingerprint density at radius 1 is 1.02 bits per heavy atom. The Bertz CT molecular complexity index is 2130. The van der Waals surface area contributed by atoms with Crippen LogP contribution in [0.25, 0.3) is 10.9 Å². The van der Waals surface area contributed by atoms with Crippen molar-refractivity contribution in [1.29, 1.82) is 0 Å². The molecular formula is C43H52N4O7. The molecule has 9 rings (SSSR count). The summed E-state index contributed by atoms with van der Waals surface area (Å²) < 4.78 is 17.6. The second kappa shape index (κ2) is 12.2. The number of para-hydroxylation sites is 1. The molecule has 11 heteroatoms. The molecule has 1 saturated carbocycles. The Morgan fingerprint density at radius 2 is 1.80 bits per heavy atom. The van der Waals surface area contributed by atoms with Crippen molar-refractivity contribution in [2.24, 2.45) is 11.3 Å². The lowest BCUT2D eigenvalue weighted by atomic mass is 9.47. The second-order valence-electron chi connectivity index (χ2n) is 16.6. The lowest BCUT2D eigenvalue weighted by Gasteiger charge is -2.63. The molecule has 3 N–H and O–H groups in total. The highest BCUT2D eigenvalue weighted by Crippen LogP contribution is 2.67. The maximum absolute atomic E-state index is 15.1. The second-order valence-corrected chi connectivity index (χ2v) is 16.6. The highest BCUT2D eigenvalue weighted by Gasteiger charge is 2.79. The van der Waals surface area contributed by atoms with Gasteiger partial charge >= 0.3 is 11.9 Å². The number of benzene rings is 2. The minimum Gasteiger partial charge on any atom is -0.496 e. The van der Waals surface area contributed by atoms with Gasteiger partial charge in [-0.1, -0.05) is 55.8 Å². The number of fused-ring (bicyclic) bond motifs is 6. The maximum atomic E-state index is 15.1. The van der Waals surface area contributed by atoms with Gasteiger partial charge in [0, 0.05) is 84.0 Å². The molecule has 6 aliphatic rings. The molecule has 1 aromatic heterocycles. The molecule has 286 valence electrons. The van der Waals surface area contributed by atoms with Crippen LogP contribution in [0.1, 0.15) is 61.9 Å². The van der Waals surface area contributed by atoms with Crippen molar-refractivity contribution in [2.45, 2.75) is 80.7 Å². The van der Waals surface area contributed by atoms with Crippen molar-refractivity contribution in [2.75, 3.05) is 59.5 Å². The molecule has 6 heterocycles. The first kappa shape index (κ1) is 35.5. The molecule has 1 saturated heterocycles. The van der Waals surface area contributed by atoms with Gasteiger partial charge < -0.3 is 34.3 Å². The number of methoxy groups -OCH3 is 3. The van der Waals surface area contributed by atoms with Crippen molar-refractivity contribution in [3.63, 3.8) is 0 Å². The van der Waals surface area contributed by atoms with Crippen molar-refractivity contribution < 1.29 is 34.0 Å². The molecule has 0 radical (unpaired) electrons. The van der Waals surface area contributed by atoms with E-state index in [0.717, 1.165) is 52.9 Å². The van der Waals surface area contributed by atoms with Crippen LogP contribution in [0.3, 0.4) is 0 Å². The Hall–Kier alpha value is -4.16. The van der Waals surface area contributed by atoms with E-state index >= 15 is 4.79 Å². The molecule has 9 atom stereocenters. The lowest BCUT2D eigenvalue weighted by Crippen LogP contribution is -2.80. The molecule has 3 aromatic rings. The zero-order chi connectivity index (χ0) is 37.9. The van der Waals surface area contributed by atoms with Gasteiger partial charge in [0.05, 0.1) is 27.4 Å². The summed E-state index contributed by atoms with van der Waals surface area (Å²) in [6, 6.07) is 11.3. The van der Waals surface area contributed by atoms with E-state index in [1.807, 2.05) is 43.1 Å². The summed E-state index contributed by atoms with van der Waals surface area (Å²) in [4.78, 5) is 39.7. The molecule has 2 aromatic carbocycles. The van der Waals surface area contributed by atoms with Crippen molar-refractivity contribution in [3.05, 3.63) is 82.6 Å². The number of hydrogen-bond donors (Lipinski definition) is 3. The zero-order valence-corrected chi connectivity index (χ0v) is 32.1. The lowest BCUT2D eigenvalue weighted by molar-refractivity contribution is -0.218. The Balaban J connectivity index is 1.37. The molecular weight excluding hydrogens is 684 g/mol. The van der Waals surface area contributed by atoms with Crippen LogP contribution in [-0.2, 0) is 36.4 Å². The third-order valence-electron chi connectivity index (χ3n) is 14.5. The number of aromatic nitrogens is 1. The normalized spacial score (nSPS) is 36.3. The van der Waals surface area contributed by atoms with Crippen LogP contribution in [0.2, 0.25) is 0 Å². The molecule has 5 aliphatic heterocycles. The number of anilines is 1. The number of aromatic amines is 1. The highest BCUT2D eigenvalue weighted by molar-refractivity contribution is 5.95. The van der Waals surface area contributed by atoms with Gasteiger partial charge in [-0.05, 0) is 61.4 Å². The summed E-state index contributed by atoms with van der Waals surface area (Å²) in [7, 11) is 6.24. The fourth-order valence-electron chi connectivity index (χ4n) is 12.5. The molecule has 0 amide bonds. The summed E-state index contributed by atoms with van der Waals surface area (Å²) in [6.45, 7) is 7.97. The van der Waals surface area contributed by atoms with Crippen LogP contribution in [0, 0.1) is 11.3 Å². The molecule has 2 unspecified atom stereocenters. The SMILES string of the molecule is CCC1=CC2CN(C1)Cc1c([nH]c3ccccc13)[C@@](C(=O)OC)(c1cc3c(cc1OC)N(C)[C@H]1[C@@](O)(C(=O)OC)[C@H](O)[C@]4(CC)C=CCN5CC[C@]31[C@@H]54)C2. The molecule has 2 bridgehead atoms. The number of H-pyrrole nitrogens is 1. The van der Waals surface area contributed by atoms with E-state index in [-0.39, 0.29) is 17.9 Å². The quantitative estimate of drug-likeness (QED) is 0.251. The Kier molecular flexibility index (Phi) is 8.01. The highest BCUT2D eigenvalue weighted by atomic mass is 16.5. The van der Waals surface area contributed by atoms with Gasteiger partial charge in [-0.25, -0.2) is 4.79 Å². The van der Waals surface area contributed by atoms with Crippen LogP contribution in [0.5, 0.6) is 5.75 Å². The summed E-state index contributed by atoms with van der Waals surface area (Å²) in [5.41, 5.74) is 1.24. The molecule has 2 fully saturated rings. The minimum absolute atomic E-state index is 0.0475. The topological polar surface area (TPSA) is 128 Å². The molecule has 11 nitrogen and oxygen atoms in total. The molecule has 1 spiro atoms. The number of nitrogens with zero attached hydrogens (tertiary/aromatic N) is 3. The van der Waals surface area contributed by atoms with Gasteiger partial charge in [0.25, 0.3) is 0 Å². The van der Waals surface area contributed by atoms with Crippen molar-refractivity contribution >= 4 is 28.5 Å². The number of likely N-dealkylation sites (N-methyl/N-ethyl adjacent to an activating group) is 1. The smallest absolute Gasteiger partial charge is 0.342 e. The number of aliphatic hydroxyl groups excluding tert-OH is 1. The van der Waals surface area contributed by atoms with Crippen LogP contribution in [0.15, 0.2) is 60.2 Å². The predicted octanol–water partition coefficient (Wildman–Crippen LogP) is 4.18. The first-order valence-corrected chi connectivity index (χ1v) is 19.5. The van der Waals surface area contributed by atoms with Crippen molar-refractivity contribution in [1.82, 2.24) is 14.8 Å². The van der Waals surface area contributed by atoms with Gasteiger partial charge in [0.1, 0.15) is 17.3 Å². The number of esters is 2. The first-order valence-electron chi connectivity index (χ1n) is 19.5. The number of hydrogen-bond acceptors (Lipinski definition) is 10. The number of nitrogens with one attached hydrogen (secondary N) is 1. The third kappa shape index (κ3) is 4.21. The van der Waals surface area contributed by atoms with Crippen LogP contribution >= 0.6 is 0 Å². The summed E-state index contributed by atoms with van der Waals surface area (Å²) in [6.07, 6.45) is 7.52. The zero-order valence-electron chi connectivity index (χ0n) is 32.1. The van der Waals surface area contributed by atoms with E-state index in [1.165, 1.54) is 19.8 Å². The number of carbonyl (C=O) groups excluding carboxylic acids is 2. The fourth-order valence-corrected chi connectivity index (χ4v) is 12.5. The maximum Gasteiger partial charge on any atom is 0.342 e.